The first kappa shape index (κ1) is 25.6. The van der Waals surface area contributed by atoms with Crippen LogP contribution in [0.15, 0.2) is 42.6 Å². The highest BCUT2D eigenvalue weighted by atomic mass is 35.5. The summed E-state index contributed by atoms with van der Waals surface area (Å²) in [5.41, 5.74) is 1.56. The van der Waals surface area contributed by atoms with Gasteiger partial charge in [0, 0.05) is 28.2 Å². The summed E-state index contributed by atoms with van der Waals surface area (Å²) >= 11 is 12.1. The molecule has 0 spiro atoms. The first-order valence-electron chi connectivity index (χ1n) is 12.2. The third-order valence-electron chi connectivity index (χ3n) is 6.86. The van der Waals surface area contributed by atoms with Gasteiger partial charge in [-0.15, -0.1) is 11.6 Å². The normalized spacial score (nSPS) is 21.9. The zero-order chi connectivity index (χ0) is 26.4. The number of carbonyl (C=O) groups is 1. The number of hydrogen-bond acceptors (Lipinski definition) is 5. The van der Waals surface area contributed by atoms with Crippen LogP contribution in [0.2, 0.25) is 5.02 Å². The number of hydrogen-bond donors (Lipinski definition) is 1. The number of rotatable bonds is 8. The SMILES string of the molecule is CC(C)(C)OC(=O)NC12CC(COc3ccc4c(ccn4-c4cc(Cl)c(OCCCl)c(C#N)c4)c3)(C1)C2. The third kappa shape index (κ3) is 5.05. The summed E-state index contributed by atoms with van der Waals surface area (Å²) in [5, 5.41) is 14.0. The highest BCUT2D eigenvalue weighted by Gasteiger charge is 2.69. The van der Waals surface area contributed by atoms with E-state index in [2.05, 4.69) is 11.4 Å². The lowest BCUT2D eigenvalue weighted by Gasteiger charge is -2.69. The average Bonchev–Trinajstić information content (AvgIpc) is 3.20. The summed E-state index contributed by atoms with van der Waals surface area (Å²) in [5.74, 6) is 1.45. The molecular weight excluding hydrogens is 513 g/mol. The Morgan fingerprint density at radius 2 is 1.92 bits per heavy atom. The van der Waals surface area contributed by atoms with Gasteiger partial charge in [-0.25, -0.2) is 4.79 Å². The van der Waals surface area contributed by atoms with Crippen LogP contribution in [0.5, 0.6) is 11.5 Å². The number of alkyl halides is 1. The first-order valence-corrected chi connectivity index (χ1v) is 13.1. The van der Waals surface area contributed by atoms with Crippen molar-refractivity contribution in [2.75, 3.05) is 19.1 Å². The van der Waals surface area contributed by atoms with Gasteiger partial charge in [0.15, 0.2) is 5.75 Å². The summed E-state index contributed by atoms with van der Waals surface area (Å²) < 4.78 is 19.1. The number of amides is 1. The molecule has 3 fully saturated rings. The summed E-state index contributed by atoms with van der Waals surface area (Å²) in [6.45, 7) is 6.48. The lowest BCUT2D eigenvalue weighted by atomic mass is 9.39. The molecule has 194 valence electrons. The number of aromatic nitrogens is 1. The molecule has 0 unspecified atom stereocenters. The van der Waals surface area contributed by atoms with E-state index in [9.17, 15) is 10.1 Å². The van der Waals surface area contributed by atoms with Crippen molar-refractivity contribution in [3.05, 3.63) is 53.2 Å². The summed E-state index contributed by atoms with van der Waals surface area (Å²) in [6.07, 6.45) is 4.31. The van der Waals surface area contributed by atoms with E-state index in [1.54, 1.807) is 12.1 Å². The molecule has 1 aromatic heterocycles. The van der Waals surface area contributed by atoms with Crippen LogP contribution in [0.25, 0.3) is 16.6 Å². The van der Waals surface area contributed by atoms with E-state index in [1.807, 2.05) is 55.8 Å². The molecule has 9 heteroatoms. The van der Waals surface area contributed by atoms with Gasteiger partial charge < -0.3 is 24.1 Å². The maximum absolute atomic E-state index is 12.1. The van der Waals surface area contributed by atoms with Crippen LogP contribution in [0.4, 0.5) is 4.79 Å². The van der Waals surface area contributed by atoms with Crippen molar-refractivity contribution in [1.82, 2.24) is 9.88 Å². The molecular formula is C28H29Cl2N3O4. The molecule has 0 radical (unpaired) electrons. The first-order chi connectivity index (χ1) is 17.5. The monoisotopic (exact) mass is 541 g/mol. The van der Waals surface area contributed by atoms with E-state index < -0.39 is 5.60 Å². The second-order valence-electron chi connectivity index (χ2n) is 11.1. The molecule has 0 atom stereocenters. The minimum atomic E-state index is -0.502. The highest BCUT2D eigenvalue weighted by molar-refractivity contribution is 6.32. The Kier molecular flexibility index (Phi) is 6.45. The number of benzene rings is 2. The second kappa shape index (κ2) is 9.34. The van der Waals surface area contributed by atoms with Gasteiger partial charge in [-0.1, -0.05) is 11.6 Å². The molecule has 1 amide bonds. The zero-order valence-corrected chi connectivity index (χ0v) is 22.6. The number of alkyl carbamates (subject to hydrolysis) is 1. The molecule has 1 N–H and O–H groups in total. The number of halogens is 2. The molecule has 6 rings (SSSR count). The van der Waals surface area contributed by atoms with Crippen LogP contribution < -0.4 is 14.8 Å². The van der Waals surface area contributed by atoms with Crippen molar-refractivity contribution in [2.45, 2.75) is 51.2 Å². The molecule has 37 heavy (non-hydrogen) atoms. The van der Waals surface area contributed by atoms with Gasteiger partial charge >= 0.3 is 6.09 Å². The largest absolute Gasteiger partial charge is 0.493 e. The number of nitrogens with zero attached hydrogens (tertiary/aromatic N) is 2. The van der Waals surface area contributed by atoms with Crippen LogP contribution in [0.1, 0.15) is 45.6 Å². The fraction of sp³-hybridized carbons (Fsp3) is 0.429. The smallest absolute Gasteiger partial charge is 0.408 e. The molecule has 2 aromatic carbocycles. The minimum absolute atomic E-state index is 0.119. The Morgan fingerprint density at radius 3 is 2.59 bits per heavy atom. The van der Waals surface area contributed by atoms with Gasteiger partial charge in [0.1, 0.15) is 24.0 Å². The molecule has 2 bridgehead atoms. The fourth-order valence-corrected chi connectivity index (χ4v) is 5.91. The Bertz CT molecular complexity index is 1380. The van der Waals surface area contributed by atoms with Crippen LogP contribution in [0, 0.1) is 16.7 Å². The van der Waals surface area contributed by atoms with Crippen LogP contribution in [-0.2, 0) is 4.74 Å². The average molecular weight is 542 g/mol. The fourth-order valence-electron chi connectivity index (χ4n) is 5.56. The van der Waals surface area contributed by atoms with Gasteiger partial charge in [-0.2, -0.15) is 5.26 Å². The van der Waals surface area contributed by atoms with Gasteiger partial charge in [0.05, 0.1) is 28.6 Å². The molecule has 1 heterocycles. The maximum Gasteiger partial charge on any atom is 0.408 e. The van der Waals surface area contributed by atoms with Crippen LogP contribution >= 0.6 is 23.2 Å². The van der Waals surface area contributed by atoms with Crippen molar-refractivity contribution >= 4 is 40.2 Å². The number of nitriles is 1. The van der Waals surface area contributed by atoms with Crippen molar-refractivity contribution in [2.24, 2.45) is 5.41 Å². The number of ether oxygens (including phenoxy) is 3. The highest BCUT2D eigenvalue weighted by Crippen LogP contribution is 2.67. The quantitative estimate of drug-likeness (QED) is 0.324. The Labute approximate surface area is 226 Å². The van der Waals surface area contributed by atoms with E-state index in [0.717, 1.165) is 41.6 Å². The van der Waals surface area contributed by atoms with Crippen LogP contribution in [-0.4, -0.2) is 40.9 Å². The number of carbonyl (C=O) groups excluding carboxylic acids is 1. The molecule has 7 nitrogen and oxygen atoms in total. The lowest BCUT2D eigenvalue weighted by Crippen LogP contribution is -2.76. The van der Waals surface area contributed by atoms with E-state index in [0.29, 0.717) is 28.8 Å². The van der Waals surface area contributed by atoms with Gasteiger partial charge in [-0.3, -0.25) is 0 Å². The molecule has 3 saturated carbocycles. The van der Waals surface area contributed by atoms with E-state index in [4.69, 9.17) is 37.4 Å². The lowest BCUT2D eigenvalue weighted by molar-refractivity contribution is -0.170. The maximum atomic E-state index is 12.1. The third-order valence-corrected chi connectivity index (χ3v) is 7.30. The summed E-state index contributed by atoms with van der Waals surface area (Å²) in [7, 11) is 0. The molecule has 3 aromatic rings. The van der Waals surface area contributed by atoms with E-state index >= 15 is 0 Å². The Morgan fingerprint density at radius 1 is 1.16 bits per heavy atom. The predicted octanol–water partition coefficient (Wildman–Crippen LogP) is 6.60. The standard InChI is InChI=1S/C28H29Cl2N3O4/c1-26(2,3)37-25(34)32-28-14-27(15-28,16-28)17-36-21-4-5-23-18(11-21)6-8-33(23)20-10-19(13-31)24(22(30)12-20)35-9-7-29/h4-6,8,10-12H,7,9,14-17H2,1-3H3,(H,32,34). The number of nitrogens with one attached hydrogen (secondary N) is 1. The number of fused-ring (bicyclic) bond motifs is 1. The molecule has 0 aliphatic heterocycles. The zero-order valence-electron chi connectivity index (χ0n) is 21.1. The van der Waals surface area contributed by atoms with Crippen LogP contribution in [0.3, 0.4) is 0 Å². The Hall–Kier alpha value is -3.08. The van der Waals surface area contributed by atoms with Gasteiger partial charge in [0.2, 0.25) is 0 Å². The van der Waals surface area contributed by atoms with Crippen molar-refractivity contribution in [3.8, 4) is 23.3 Å². The predicted molar refractivity (Wildman–Crippen MR) is 143 cm³/mol. The Balaban J connectivity index is 1.23. The van der Waals surface area contributed by atoms with Crippen molar-refractivity contribution in [1.29, 1.82) is 5.26 Å². The summed E-state index contributed by atoms with van der Waals surface area (Å²) in [4.78, 5) is 12.1. The molecule has 3 aliphatic rings. The van der Waals surface area contributed by atoms with E-state index in [1.165, 1.54) is 0 Å². The molecule has 3 aliphatic carbocycles. The molecule has 0 saturated heterocycles. The van der Waals surface area contributed by atoms with Gasteiger partial charge in [0.25, 0.3) is 0 Å². The van der Waals surface area contributed by atoms with Gasteiger partial charge in [-0.05, 0) is 76.4 Å². The van der Waals surface area contributed by atoms with E-state index in [-0.39, 0.29) is 23.7 Å². The van der Waals surface area contributed by atoms with Crippen molar-refractivity contribution in [3.63, 3.8) is 0 Å². The van der Waals surface area contributed by atoms with Crippen molar-refractivity contribution < 1.29 is 19.0 Å². The minimum Gasteiger partial charge on any atom is -0.493 e. The second-order valence-corrected chi connectivity index (χ2v) is 11.9. The summed E-state index contributed by atoms with van der Waals surface area (Å²) in [6, 6.07) is 13.6. The topological polar surface area (TPSA) is 85.5 Å².